The van der Waals surface area contributed by atoms with Crippen molar-refractivity contribution in [3.05, 3.63) is 22.2 Å². The number of hydrogen-bond donors (Lipinski definition) is 1. The SMILES string of the molecule is CC(C)Oc1cc(N2NC(C(C)(C)C)OC2=O)c(Cl)cc1Cl. The molecule has 7 heteroatoms. The summed E-state index contributed by atoms with van der Waals surface area (Å²) in [5.41, 5.74) is 3.21. The quantitative estimate of drug-likeness (QED) is 0.867. The normalized spacial score (nSPS) is 18.8. The minimum atomic E-state index is -0.514. The molecule has 0 saturated carbocycles. The summed E-state index contributed by atoms with van der Waals surface area (Å²) in [7, 11) is 0. The van der Waals surface area contributed by atoms with Gasteiger partial charge in [0.1, 0.15) is 5.75 Å². The number of carbonyl (C=O) groups is 1. The lowest BCUT2D eigenvalue weighted by Gasteiger charge is -2.25. The zero-order chi connectivity index (χ0) is 16.7. The zero-order valence-electron chi connectivity index (χ0n) is 13.2. The molecule has 1 heterocycles. The van der Waals surface area contributed by atoms with Gasteiger partial charge in [-0.25, -0.2) is 9.80 Å². The van der Waals surface area contributed by atoms with E-state index in [1.54, 1.807) is 12.1 Å². The molecule has 1 fully saturated rings. The number of rotatable bonds is 3. The third-order valence-corrected chi connectivity index (χ3v) is 3.64. The molecule has 1 N–H and O–H groups in total. The molecule has 5 nitrogen and oxygen atoms in total. The molecule has 0 bridgehead atoms. The van der Waals surface area contributed by atoms with E-state index in [0.29, 0.717) is 21.5 Å². The topological polar surface area (TPSA) is 50.8 Å². The Kier molecular flexibility index (Phi) is 4.80. The molecule has 1 aromatic carbocycles. The molecule has 0 aromatic heterocycles. The van der Waals surface area contributed by atoms with E-state index < -0.39 is 12.3 Å². The van der Waals surface area contributed by atoms with Crippen LogP contribution in [0.1, 0.15) is 34.6 Å². The number of carbonyl (C=O) groups excluding carboxylic acids is 1. The van der Waals surface area contributed by atoms with Crippen LogP contribution in [-0.4, -0.2) is 18.4 Å². The molecule has 1 unspecified atom stereocenters. The Morgan fingerprint density at radius 2 is 1.91 bits per heavy atom. The van der Waals surface area contributed by atoms with Crippen LogP contribution < -0.4 is 15.2 Å². The fourth-order valence-corrected chi connectivity index (χ4v) is 2.43. The number of hydrazine groups is 1. The molecule has 0 aliphatic carbocycles. The van der Waals surface area contributed by atoms with Crippen LogP contribution in [-0.2, 0) is 4.74 Å². The fraction of sp³-hybridized carbons (Fsp3) is 0.533. The summed E-state index contributed by atoms with van der Waals surface area (Å²) in [6.45, 7) is 9.69. The number of halogens is 2. The van der Waals surface area contributed by atoms with E-state index in [1.807, 2.05) is 34.6 Å². The molecule has 1 amide bonds. The standard InChI is InChI=1S/C15H20Cl2N2O3/c1-8(2)21-12-7-11(9(16)6-10(12)17)19-14(20)22-13(18-19)15(3,4)5/h6-8,13,18H,1-5H3. The van der Waals surface area contributed by atoms with Crippen LogP contribution in [0.4, 0.5) is 10.5 Å². The lowest BCUT2D eigenvalue weighted by molar-refractivity contribution is 0.0523. The third-order valence-electron chi connectivity index (χ3n) is 3.04. The molecule has 1 aliphatic rings. The Hall–Kier alpha value is -1.17. The van der Waals surface area contributed by atoms with Crippen molar-refractivity contribution in [3.63, 3.8) is 0 Å². The van der Waals surface area contributed by atoms with Crippen LogP contribution in [0.25, 0.3) is 0 Å². The summed E-state index contributed by atoms with van der Waals surface area (Å²) in [5.74, 6) is 0.463. The minimum absolute atomic E-state index is 0.0488. The molecule has 1 atom stereocenters. The van der Waals surface area contributed by atoms with E-state index in [4.69, 9.17) is 32.7 Å². The Bertz CT molecular complexity index is 585. The van der Waals surface area contributed by atoms with Gasteiger partial charge in [-0.2, -0.15) is 5.43 Å². The molecule has 1 aromatic rings. The Balaban J connectivity index is 2.34. The number of anilines is 1. The van der Waals surface area contributed by atoms with Gasteiger partial charge in [0, 0.05) is 11.5 Å². The fourth-order valence-electron chi connectivity index (χ4n) is 1.92. The molecule has 1 aliphatic heterocycles. The van der Waals surface area contributed by atoms with Gasteiger partial charge in [-0.3, -0.25) is 0 Å². The highest BCUT2D eigenvalue weighted by Crippen LogP contribution is 2.38. The number of hydrogen-bond acceptors (Lipinski definition) is 4. The number of amides is 1. The number of benzene rings is 1. The highest BCUT2D eigenvalue weighted by atomic mass is 35.5. The maximum absolute atomic E-state index is 12.1. The van der Waals surface area contributed by atoms with Crippen molar-refractivity contribution in [1.29, 1.82) is 0 Å². The highest BCUT2D eigenvalue weighted by molar-refractivity contribution is 6.37. The summed E-state index contributed by atoms with van der Waals surface area (Å²) in [6, 6.07) is 3.18. The van der Waals surface area contributed by atoms with E-state index >= 15 is 0 Å². The molecule has 1 saturated heterocycles. The minimum Gasteiger partial charge on any atom is -0.489 e. The number of cyclic esters (lactones) is 1. The van der Waals surface area contributed by atoms with E-state index in [2.05, 4.69) is 5.43 Å². The molecular formula is C15H20Cl2N2O3. The Morgan fingerprint density at radius 3 is 2.41 bits per heavy atom. The number of ether oxygens (including phenoxy) is 2. The van der Waals surface area contributed by atoms with Gasteiger partial charge in [0.2, 0.25) is 0 Å². The summed E-state index contributed by atoms with van der Waals surface area (Å²) < 4.78 is 11.0. The average Bonchev–Trinajstić information content (AvgIpc) is 2.74. The van der Waals surface area contributed by atoms with E-state index in [-0.39, 0.29) is 11.5 Å². The van der Waals surface area contributed by atoms with Crippen molar-refractivity contribution < 1.29 is 14.3 Å². The van der Waals surface area contributed by atoms with Crippen LogP contribution in [0.2, 0.25) is 10.0 Å². The molecule has 0 radical (unpaired) electrons. The smallest absolute Gasteiger partial charge is 0.430 e. The summed E-state index contributed by atoms with van der Waals surface area (Å²) in [6.07, 6.45) is -1.01. The van der Waals surface area contributed by atoms with Gasteiger partial charge in [0.05, 0.1) is 21.8 Å². The molecule has 22 heavy (non-hydrogen) atoms. The zero-order valence-corrected chi connectivity index (χ0v) is 14.7. The van der Waals surface area contributed by atoms with Crippen molar-refractivity contribution in [2.45, 2.75) is 47.0 Å². The highest BCUT2D eigenvalue weighted by Gasteiger charge is 2.40. The van der Waals surface area contributed by atoms with Gasteiger partial charge < -0.3 is 9.47 Å². The second kappa shape index (κ2) is 6.14. The van der Waals surface area contributed by atoms with Crippen LogP contribution in [0.5, 0.6) is 5.75 Å². The molecule has 2 rings (SSSR count). The number of nitrogens with one attached hydrogen (secondary N) is 1. The van der Waals surface area contributed by atoms with Gasteiger partial charge in [0.15, 0.2) is 6.23 Å². The van der Waals surface area contributed by atoms with Crippen molar-refractivity contribution in [2.75, 3.05) is 5.01 Å². The second-order valence-electron chi connectivity index (χ2n) is 6.49. The predicted molar refractivity (Wildman–Crippen MR) is 87.6 cm³/mol. The monoisotopic (exact) mass is 346 g/mol. The second-order valence-corrected chi connectivity index (χ2v) is 7.31. The van der Waals surface area contributed by atoms with Crippen molar-refractivity contribution in [3.8, 4) is 5.75 Å². The predicted octanol–water partition coefficient (Wildman–Crippen LogP) is 4.61. The van der Waals surface area contributed by atoms with Gasteiger partial charge >= 0.3 is 6.09 Å². The summed E-state index contributed by atoms with van der Waals surface area (Å²) in [5, 5.41) is 2.00. The first-order valence-electron chi connectivity index (χ1n) is 7.02. The van der Waals surface area contributed by atoms with Crippen LogP contribution in [0.15, 0.2) is 12.1 Å². The first-order chi connectivity index (χ1) is 10.1. The van der Waals surface area contributed by atoms with Crippen molar-refractivity contribution >= 4 is 35.0 Å². The lowest BCUT2D eigenvalue weighted by atomic mass is 9.95. The summed E-state index contributed by atoms with van der Waals surface area (Å²) >= 11 is 12.3. The third kappa shape index (κ3) is 3.59. The largest absolute Gasteiger partial charge is 0.489 e. The summed E-state index contributed by atoms with van der Waals surface area (Å²) in [4.78, 5) is 12.1. The number of nitrogens with zero attached hydrogens (tertiary/aromatic N) is 1. The van der Waals surface area contributed by atoms with Crippen molar-refractivity contribution in [2.24, 2.45) is 5.41 Å². The first kappa shape index (κ1) is 17.2. The van der Waals surface area contributed by atoms with Crippen LogP contribution in [0.3, 0.4) is 0 Å². The maximum atomic E-state index is 12.1. The Morgan fingerprint density at radius 1 is 1.27 bits per heavy atom. The molecular weight excluding hydrogens is 327 g/mol. The molecule has 122 valence electrons. The van der Waals surface area contributed by atoms with Crippen LogP contribution >= 0.6 is 23.2 Å². The Labute approximate surface area is 140 Å². The van der Waals surface area contributed by atoms with Gasteiger partial charge in [0.25, 0.3) is 0 Å². The van der Waals surface area contributed by atoms with E-state index in [0.717, 1.165) is 0 Å². The van der Waals surface area contributed by atoms with E-state index in [9.17, 15) is 4.79 Å². The lowest BCUT2D eigenvalue weighted by Crippen LogP contribution is -2.43. The van der Waals surface area contributed by atoms with Gasteiger partial charge in [-0.1, -0.05) is 44.0 Å². The average molecular weight is 347 g/mol. The van der Waals surface area contributed by atoms with Gasteiger partial charge in [-0.05, 0) is 19.9 Å². The maximum Gasteiger partial charge on any atom is 0.430 e. The van der Waals surface area contributed by atoms with Gasteiger partial charge in [-0.15, -0.1) is 0 Å². The van der Waals surface area contributed by atoms with Crippen molar-refractivity contribution in [1.82, 2.24) is 5.43 Å². The first-order valence-corrected chi connectivity index (χ1v) is 7.78. The van der Waals surface area contributed by atoms with E-state index in [1.165, 1.54) is 5.01 Å². The van der Waals surface area contributed by atoms with Crippen LogP contribution in [0, 0.1) is 5.41 Å². The molecule has 0 spiro atoms.